The van der Waals surface area contributed by atoms with Gasteiger partial charge < -0.3 is 9.84 Å². The molecule has 5 aromatic rings. The third-order valence-electron chi connectivity index (χ3n) is 7.16. The Labute approximate surface area is 260 Å². The molecule has 3 aromatic carbocycles. The summed E-state index contributed by atoms with van der Waals surface area (Å²) in [7, 11) is 0. The van der Waals surface area contributed by atoms with Crippen LogP contribution in [0.4, 0.5) is 9.52 Å². The van der Waals surface area contributed by atoms with Gasteiger partial charge in [0.25, 0.3) is 5.78 Å². The normalized spacial score (nSPS) is 16.0. The highest BCUT2D eigenvalue weighted by atomic mass is 32.2. The van der Waals surface area contributed by atoms with Gasteiger partial charge in [0.15, 0.2) is 4.34 Å². The highest BCUT2D eigenvalue weighted by Gasteiger charge is 2.48. The first-order valence-corrected chi connectivity index (χ1v) is 15.4. The minimum absolute atomic E-state index is 0.0782. The maximum Gasteiger partial charge on any atom is 0.301 e. The lowest BCUT2D eigenvalue weighted by Crippen LogP contribution is -2.29. The van der Waals surface area contributed by atoms with Crippen LogP contribution in [0.15, 0.2) is 107 Å². The highest BCUT2D eigenvalue weighted by Crippen LogP contribution is 2.44. The van der Waals surface area contributed by atoms with E-state index in [9.17, 15) is 19.1 Å². The second-order valence-electron chi connectivity index (χ2n) is 9.92. The van der Waals surface area contributed by atoms with Crippen molar-refractivity contribution in [1.29, 1.82) is 0 Å². The average Bonchev–Trinajstić information content (AvgIpc) is 3.62. The number of thioether (sulfide) groups is 1. The third-order valence-corrected chi connectivity index (χ3v) is 9.27. The van der Waals surface area contributed by atoms with E-state index < -0.39 is 17.7 Å². The van der Waals surface area contributed by atoms with Gasteiger partial charge in [-0.25, -0.2) is 4.39 Å². The molecule has 44 heavy (non-hydrogen) atoms. The number of carbonyl (C=O) groups excluding carboxylic acids is 2. The summed E-state index contributed by atoms with van der Waals surface area (Å²) in [5, 5.41) is 20.0. The number of carbonyl (C=O) groups is 2. The van der Waals surface area contributed by atoms with Gasteiger partial charge in [-0.05, 0) is 71.6 Å². The van der Waals surface area contributed by atoms with Crippen LogP contribution in [0, 0.1) is 12.7 Å². The molecule has 1 unspecified atom stereocenters. The number of pyridine rings is 1. The molecule has 1 saturated heterocycles. The largest absolute Gasteiger partial charge is 0.507 e. The molecular formula is C33H25FN4O4S2. The van der Waals surface area contributed by atoms with Crippen molar-refractivity contribution < 1.29 is 23.8 Å². The number of benzene rings is 3. The second-order valence-corrected chi connectivity index (χ2v) is 12.1. The van der Waals surface area contributed by atoms with Crippen LogP contribution < -0.4 is 9.64 Å². The molecule has 0 aliphatic carbocycles. The number of amides is 1. The van der Waals surface area contributed by atoms with Gasteiger partial charge in [-0.15, -0.1) is 10.2 Å². The Morgan fingerprint density at radius 3 is 2.39 bits per heavy atom. The molecule has 3 heterocycles. The van der Waals surface area contributed by atoms with Crippen LogP contribution >= 0.6 is 23.1 Å². The Balaban J connectivity index is 1.29. The van der Waals surface area contributed by atoms with Crippen molar-refractivity contribution in [3.63, 3.8) is 0 Å². The van der Waals surface area contributed by atoms with Crippen molar-refractivity contribution in [1.82, 2.24) is 15.2 Å². The van der Waals surface area contributed by atoms with E-state index in [1.807, 2.05) is 31.2 Å². The fraction of sp³-hybridized carbons (Fsp3) is 0.121. The predicted octanol–water partition coefficient (Wildman–Crippen LogP) is 6.88. The number of Topliss-reactive ketones (excluding diaryl/α,β-unsaturated/α-hetero) is 1. The van der Waals surface area contributed by atoms with Gasteiger partial charge in [-0.2, -0.15) is 0 Å². The summed E-state index contributed by atoms with van der Waals surface area (Å²) in [6, 6.07) is 23.5. The summed E-state index contributed by atoms with van der Waals surface area (Å²) in [4.78, 5) is 32.2. The van der Waals surface area contributed by atoms with Gasteiger partial charge in [0, 0.05) is 23.7 Å². The van der Waals surface area contributed by atoms with E-state index in [0.717, 1.165) is 22.5 Å². The number of ether oxygens (including phenoxy) is 1. The van der Waals surface area contributed by atoms with E-state index in [1.165, 1.54) is 22.7 Å². The average molecular weight is 625 g/mol. The van der Waals surface area contributed by atoms with Gasteiger partial charge in [-0.3, -0.25) is 19.5 Å². The number of nitrogens with zero attached hydrogens (tertiary/aromatic N) is 4. The molecule has 1 aliphatic heterocycles. The first-order chi connectivity index (χ1) is 21.4. The molecule has 8 nitrogen and oxygen atoms in total. The zero-order valence-electron chi connectivity index (χ0n) is 23.4. The quantitative estimate of drug-likeness (QED) is 0.0622. The molecule has 0 saturated carbocycles. The zero-order valence-corrected chi connectivity index (χ0v) is 25.0. The molecule has 1 amide bonds. The van der Waals surface area contributed by atoms with Crippen molar-refractivity contribution in [3.8, 4) is 5.75 Å². The standard InChI is InChI=1S/C33H25FN4O4S2/c1-20-6-2-3-7-23(20)18-42-25-12-10-22(11-13-25)29(39)27-28(21-14-16-35-17-15-21)38(31(41)30(27)40)32-36-37-33(44-32)43-19-24-8-4-5-9-26(24)34/h2-17,28,39H,18-19H2,1H3. The first-order valence-electron chi connectivity index (χ1n) is 13.6. The number of anilines is 1. The fourth-order valence-electron chi connectivity index (χ4n) is 4.80. The molecule has 2 aromatic heterocycles. The van der Waals surface area contributed by atoms with E-state index in [0.29, 0.717) is 39.1 Å². The number of rotatable bonds is 9. The number of ketones is 1. The molecule has 220 valence electrons. The van der Waals surface area contributed by atoms with Gasteiger partial charge in [0.2, 0.25) is 5.13 Å². The van der Waals surface area contributed by atoms with E-state index in [4.69, 9.17) is 4.74 Å². The van der Waals surface area contributed by atoms with Gasteiger partial charge in [0.05, 0.1) is 11.6 Å². The number of hydrogen-bond donors (Lipinski definition) is 1. The van der Waals surface area contributed by atoms with Crippen LogP contribution in [-0.2, 0) is 21.9 Å². The van der Waals surface area contributed by atoms with E-state index in [-0.39, 0.29) is 22.3 Å². The third kappa shape index (κ3) is 5.97. The Kier molecular flexibility index (Phi) is 8.49. The van der Waals surface area contributed by atoms with E-state index in [1.54, 1.807) is 67.0 Å². The van der Waals surface area contributed by atoms with Crippen molar-refractivity contribution in [3.05, 3.63) is 137 Å². The summed E-state index contributed by atoms with van der Waals surface area (Å²) in [5.41, 5.74) is 3.53. The Hall–Kier alpha value is -4.87. The minimum Gasteiger partial charge on any atom is -0.507 e. The minimum atomic E-state index is -0.965. The topological polar surface area (TPSA) is 106 Å². The van der Waals surface area contributed by atoms with Crippen LogP contribution in [0.25, 0.3) is 5.76 Å². The molecule has 1 fully saturated rings. The maximum absolute atomic E-state index is 14.1. The number of halogens is 1. The van der Waals surface area contributed by atoms with Gasteiger partial charge in [-0.1, -0.05) is 65.6 Å². The Bertz CT molecular complexity index is 1860. The Morgan fingerprint density at radius 2 is 1.66 bits per heavy atom. The smallest absolute Gasteiger partial charge is 0.301 e. The molecule has 0 radical (unpaired) electrons. The Morgan fingerprint density at radius 1 is 0.955 bits per heavy atom. The van der Waals surface area contributed by atoms with Crippen LogP contribution in [0.3, 0.4) is 0 Å². The molecule has 1 N–H and O–H groups in total. The van der Waals surface area contributed by atoms with Crippen molar-refractivity contribution in [2.24, 2.45) is 0 Å². The van der Waals surface area contributed by atoms with Crippen LogP contribution in [0.2, 0.25) is 0 Å². The number of hydrogen-bond acceptors (Lipinski definition) is 9. The molecule has 1 atom stereocenters. The lowest BCUT2D eigenvalue weighted by atomic mass is 9.96. The molecule has 1 aliphatic rings. The van der Waals surface area contributed by atoms with Crippen molar-refractivity contribution >= 4 is 45.7 Å². The van der Waals surface area contributed by atoms with Crippen LogP contribution in [-0.4, -0.2) is 32.0 Å². The maximum atomic E-state index is 14.1. The molecule has 6 rings (SSSR count). The van der Waals surface area contributed by atoms with Crippen LogP contribution in [0.5, 0.6) is 5.75 Å². The summed E-state index contributed by atoms with van der Waals surface area (Å²) in [6.07, 6.45) is 3.09. The van der Waals surface area contributed by atoms with Gasteiger partial charge in [0.1, 0.15) is 23.9 Å². The summed E-state index contributed by atoms with van der Waals surface area (Å²) in [6.45, 7) is 2.40. The molecule has 0 spiro atoms. The van der Waals surface area contributed by atoms with Crippen molar-refractivity contribution in [2.45, 2.75) is 29.7 Å². The number of aliphatic hydroxyl groups is 1. The number of aryl methyl sites for hydroxylation is 1. The summed E-state index contributed by atoms with van der Waals surface area (Å²) in [5.74, 6) is -1.42. The summed E-state index contributed by atoms with van der Waals surface area (Å²) >= 11 is 2.38. The molecule has 11 heteroatoms. The lowest BCUT2D eigenvalue weighted by Gasteiger charge is -2.22. The number of aliphatic hydroxyl groups excluding tert-OH is 1. The van der Waals surface area contributed by atoms with E-state index in [2.05, 4.69) is 15.2 Å². The fourth-order valence-corrected chi connectivity index (χ4v) is 6.66. The van der Waals surface area contributed by atoms with Crippen molar-refractivity contribution in [2.75, 3.05) is 4.90 Å². The molecule has 0 bridgehead atoms. The predicted molar refractivity (Wildman–Crippen MR) is 167 cm³/mol. The monoisotopic (exact) mass is 624 g/mol. The first kappa shape index (κ1) is 29.2. The van der Waals surface area contributed by atoms with Gasteiger partial charge >= 0.3 is 5.91 Å². The molecular weight excluding hydrogens is 600 g/mol. The zero-order chi connectivity index (χ0) is 30.6. The highest BCUT2D eigenvalue weighted by molar-refractivity contribution is 8.00. The number of aromatic nitrogens is 3. The lowest BCUT2D eigenvalue weighted by molar-refractivity contribution is -0.132. The second kappa shape index (κ2) is 12.8. The SMILES string of the molecule is Cc1ccccc1COc1ccc(C(O)=C2C(=O)C(=O)N(c3nnc(SCc4ccccc4F)s3)C2c2ccncc2)cc1. The van der Waals surface area contributed by atoms with Crippen LogP contribution in [0.1, 0.15) is 33.9 Å². The summed E-state index contributed by atoms with van der Waals surface area (Å²) < 4.78 is 20.5. The van der Waals surface area contributed by atoms with E-state index >= 15 is 0 Å².